The molecule has 0 bridgehead atoms. The molecule has 0 amide bonds. The zero-order chi connectivity index (χ0) is 6.85. The smallest absolute Gasteiger partial charge is 0.0124 e. The van der Waals surface area contributed by atoms with Gasteiger partial charge in [0.25, 0.3) is 0 Å². The van der Waals surface area contributed by atoms with Crippen molar-refractivity contribution in [1.29, 1.82) is 0 Å². The Bertz CT molecular complexity index is 210. The lowest BCUT2D eigenvalue weighted by Crippen LogP contribution is -1.86. The first kappa shape index (κ1) is 6.25. The summed E-state index contributed by atoms with van der Waals surface area (Å²) in [7, 11) is 0. The van der Waals surface area contributed by atoms with Crippen molar-refractivity contribution in [3.8, 4) is 0 Å². The average Bonchev–Trinajstić information content (AvgIpc) is 1.59. The van der Waals surface area contributed by atoms with E-state index >= 15 is 0 Å². The van der Waals surface area contributed by atoms with Gasteiger partial charge in [0.05, 0.1) is 11.6 Å². The van der Waals surface area contributed by atoms with E-state index in [-0.39, 0.29) is 0 Å². The first-order chi connectivity index (χ1) is 4.18. The number of allylic oxidation sites excluding steroid dienone is 3. The molecule has 1 radical (unpaired) electrons. The van der Waals surface area contributed by atoms with Crippen LogP contribution in [0.5, 0.6) is 0 Å². The van der Waals surface area contributed by atoms with E-state index in [1.807, 2.05) is 20.8 Å². The maximum absolute atomic E-state index is 3.16. The van der Waals surface area contributed by atoms with Gasteiger partial charge in [-0.1, -0.05) is 0 Å². The van der Waals surface area contributed by atoms with E-state index in [9.17, 15) is 0 Å². The lowest BCUT2D eigenvalue weighted by atomic mass is 10.0. The topological polar surface area (TPSA) is 0 Å². The average molecular weight is 118 g/mol. The lowest BCUT2D eigenvalue weighted by molar-refractivity contribution is 1.27. The van der Waals surface area contributed by atoms with Crippen LogP contribution < -0.4 is 0 Å². The zero-order valence-corrected chi connectivity index (χ0v) is 6.08. The predicted molar refractivity (Wildman–Crippen MR) is 38.9 cm³/mol. The number of rotatable bonds is 0. The van der Waals surface area contributed by atoms with E-state index in [4.69, 9.17) is 0 Å². The summed E-state index contributed by atoms with van der Waals surface area (Å²) in [6.45, 7) is 6.11. The Kier molecular flexibility index (Phi) is 1.50. The minimum atomic E-state index is 1.10. The standard InChI is InChI=1S/C9H10/c1-7-4-8(2)6-9(3)5-7/h4H,1-3H3/q+1. The molecular weight excluding hydrogens is 108 g/mol. The van der Waals surface area contributed by atoms with Crippen LogP contribution in [0.3, 0.4) is 0 Å². The van der Waals surface area contributed by atoms with E-state index in [2.05, 4.69) is 18.2 Å². The molecule has 0 aromatic heterocycles. The summed E-state index contributed by atoms with van der Waals surface area (Å²) in [5, 5.41) is 0. The van der Waals surface area contributed by atoms with E-state index in [1.54, 1.807) is 0 Å². The highest BCUT2D eigenvalue weighted by atomic mass is 14.0. The Balaban J connectivity index is 2.99. The molecule has 0 saturated heterocycles. The summed E-state index contributed by atoms with van der Waals surface area (Å²) < 4.78 is 0. The van der Waals surface area contributed by atoms with Crippen molar-refractivity contribution in [2.24, 2.45) is 0 Å². The van der Waals surface area contributed by atoms with Crippen LogP contribution in [-0.4, -0.2) is 0 Å². The Morgan fingerprint density at radius 3 is 2.44 bits per heavy atom. The van der Waals surface area contributed by atoms with Crippen LogP contribution in [-0.2, 0) is 0 Å². The van der Waals surface area contributed by atoms with Crippen molar-refractivity contribution in [3.05, 3.63) is 34.9 Å². The Morgan fingerprint density at radius 1 is 1.33 bits per heavy atom. The molecule has 0 fully saturated rings. The first-order valence-electron chi connectivity index (χ1n) is 3.08. The van der Waals surface area contributed by atoms with Crippen LogP contribution in [0, 0.1) is 6.42 Å². The van der Waals surface area contributed by atoms with Gasteiger partial charge in [0.1, 0.15) is 11.1 Å². The van der Waals surface area contributed by atoms with Gasteiger partial charge in [-0.3, -0.25) is 0 Å². The van der Waals surface area contributed by atoms with Crippen LogP contribution in [0.15, 0.2) is 28.5 Å². The van der Waals surface area contributed by atoms with Crippen molar-refractivity contribution in [2.45, 2.75) is 20.8 Å². The van der Waals surface area contributed by atoms with Gasteiger partial charge in [-0.2, -0.15) is 0 Å². The molecule has 1 aliphatic rings. The fourth-order valence-electron chi connectivity index (χ4n) is 1.02. The van der Waals surface area contributed by atoms with Crippen molar-refractivity contribution < 1.29 is 0 Å². The summed E-state index contributed by atoms with van der Waals surface area (Å²) >= 11 is 0. The third-order valence-corrected chi connectivity index (χ3v) is 1.20. The third kappa shape index (κ3) is 1.51. The van der Waals surface area contributed by atoms with Gasteiger partial charge in [-0.25, -0.2) is 0 Å². The molecule has 0 heterocycles. The first-order valence-corrected chi connectivity index (χ1v) is 3.08. The fraction of sp³-hybridized carbons (Fsp3) is 0.333. The van der Waals surface area contributed by atoms with Crippen LogP contribution in [0.1, 0.15) is 20.8 Å². The highest BCUT2D eigenvalue weighted by Gasteiger charge is 2.10. The molecule has 0 saturated carbocycles. The molecule has 0 atom stereocenters. The normalized spacial score (nSPS) is 17.4. The fourth-order valence-corrected chi connectivity index (χ4v) is 1.02. The molecule has 9 heavy (non-hydrogen) atoms. The second kappa shape index (κ2) is 2.16. The Hall–Kier alpha value is -0.870. The van der Waals surface area contributed by atoms with Crippen molar-refractivity contribution in [2.75, 3.05) is 0 Å². The molecule has 0 aromatic rings. The highest BCUT2D eigenvalue weighted by Crippen LogP contribution is 2.14. The predicted octanol–water partition coefficient (Wildman–Crippen LogP) is 2.52. The highest BCUT2D eigenvalue weighted by molar-refractivity contribution is 5.38. The van der Waals surface area contributed by atoms with Crippen molar-refractivity contribution >= 4 is 0 Å². The van der Waals surface area contributed by atoms with E-state index in [0.29, 0.717) is 0 Å². The maximum Gasteiger partial charge on any atom is 0.156 e. The number of hydrogen-bond donors (Lipinski definition) is 0. The zero-order valence-electron chi connectivity index (χ0n) is 6.08. The monoisotopic (exact) mass is 118 g/mol. The van der Waals surface area contributed by atoms with Gasteiger partial charge in [-0.15, -0.1) is 0 Å². The second-order valence-electron chi connectivity index (χ2n) is 2.39. The van der Waals surface area contributed by atoms with Crippen LogP contribution in [0.25, 0.3) is 0 Å². The molecule has 1 rings (SSSR count). The summed E-state index contributed by atoms with van der Waals surface area (Å²) in [6.07, 6.45) is 5.23. The van der Waals surface area contributed by atoms with Crippen LogP contribution in [0.4, 0.5) is 0 Å². The molecule has 0 aliphatic heterocycles. The second-order valence-corrected chi connectivity index (χ2v) is 2.39. The van der Waals surface area contributed by atoms with Gasteiger partial charge >= 0.3 is 0 Å². The number of hydrogen-bond acceptors (Lipinski definition) is 0. The maximum atomic E-state index is 3.16. The van der Waals surface area contributed by atoms with Crippen molar-refractivity contribution in [1.82, 2.24) is 0 Å². The molecular formula is C9H10+. The molecule has 45 valence electrons. The van der Waals surface area contributed by atoms with Gasteiger partial charge in [-0.05, 0) is 20.8 Å². The molecule has 1 aliphatic carbocycles. The summed E-state index contributed by atoms with van der Waals surface area (Å²) in [5.41, 5.74) is 6.66. The lowest BCUT2D eigenvalue weighted by Gasteiger charge is -1.91. The third-order valence-electron chi connectivity index (χ3n) is 1.20. The van der Waals surface area contributed by atoms with E-state index < -0.39 is 0 Å². The molecule has 0 heteroatoms. The largest absolute Gasteiger partial charge is 0.156 e. The molecule has 0 unspecified atom stereocenters. The Labute approximate surface area is 56.6 Å². The Morgan fingerprint density at radius 2 is 2.00 bits per heavy atom. The summed E-state index contributed by atoms with van der Waals surface area (Å²) in [6, 6.07) is 0. The van der Waals surface area contributed by atoms with Gasteiger partial charge in [0.2, 0.25) is 0 Å². The molecule has 0 aromatic carbocycles. The van der Waals surface area contributed by atoms with Crippen molar-refractivity contribution in [3.63, 3.8) is 0 Å². The summed E-state index contributed by atoms with van der Waals surface area (Å²) in [5.74, 6) is 0. The van der Waals surface area contributed by atoms with Crippen LogP contribution in [0.2, 0.25) is 0 Å². The van der Waals surface area contributed by atoms with Gasteiger partial charge in [0, 0.05) is 5.73 Å². The quantitative estimate of drug-likeness (QED) is 0.338. The molecule has 0 nitrogen and oxygen atoms in total. The minimum Gasteiger partial charge on any atom is -0.0124 e. The minimum absolute atomic E-state index is 1.10. The SMILES string of the molecule is CC1=C=C(C)C=C(C)[C+]1. The van der Waals surface area contributed by atoms with Gasteiger partial charge in [0.15, 0.2) is 6.42 Å². The van der Waals surface area contributed by atoms with Crippen LogP contribution >= 0.6 is 0 Å². The van der Waals surface area contributed by atoms with E-state index in [1.165, 1.54) is 11.1 Å². The van der Waals surface area contributed by atoms with E-state index in [0.717, 1.165) is 5.57 Å². The molecule has 0 N–H and O–H groups in total. The van der Waals surface area contributed by atoms with Gasteiger partial charge < -0.3 is 0 Å². The summed E-state index contributed by atoms with van der Waals surface area (Å²) in [4.78, 5) is 0. The molecule has 0 spiro atoms.